The zero-order chi connectivity index (χ0) is 15.6. The van der Waals surface area contributed by atoms with E-state index in [9.17, 15) is 8.42 Å². The van der Waals surface area contributed by atoms with E-state index in [-0.39, 0.29) is 0 Å². The molecule has 1 saturated carbocycles. The van der Waals surface area contributed by atoms with Crippen LogP contribution in [-0.2, 0) is 16.6 Å². The molecule has 0 aromatic carbocycles. The van der Waals surface area contributed by atoms with Gasteiger partial charge in [-0.2, -0.15) is 4.31 Å². The lowest BCUT2D eigenvalue weighted by Crippen LogP contribution is -2.33. The van der Waals surface area contributed by atoms with Gasteiger partial charge in [-0.15, -0.1) is 0 Å². The second-order valence-corrected chi connectivity index (χ2v) is 8.12. The van der Waals surface area contributed by atoms with Gasteiger partial charge in [0.25, 0.3) is 0 Å². The second kappa shape index (κ2) is 6.50. The first-order chi connectivity index (χ1) is 9.90. The minimum Gasteiger partial charge on any atom is -0.346 e. The van der Waals surface area contributed by atoms with E-state index in [0.29, 0.717) is 36.5 Å². The first-order valence-electron chi connectivity index (χ1n) is 7.75. The Morgan fingerprint density at radius 3 is 2.57 bits per heavy atom. The Hall–Kier alpha value is -0.850. The van der Waals surface area contributed by atoms with Gasteiger partial charge in [0.2, 0.25) is 10.0 Å². The number of rotatable bonds is 8. The molecule has 1 N–H and O–H groups in total. The molecule has 0 aliphatic heterocycles. The largest absolute Gasteiger partial charge is 0.346 e. The Bertz CT molecular complexity index is 574. The van der Waals surface area contributed by atoms with Crippen LogP contribution >= 0.6 is 0 Å². The molecule has 0 atom stereocenters. The summed E-state index contributed by atoms with van der Waals surface area (Å²) in [6.07, 6.45) is 4.12. The second-order valence-electron chi connectivity index (χ2n) is 6.19. The topological polar surface area (TPSA) is 54.3 Å². The number of nitrogens with zero attached hydrogens (tertiary/aromatic N) is 2. The lowest BCUT2D eigenvalue weighted by atomic mass is 10.2. The number of hydrogen-bond acceptors (Lipinski definition) is 3. The fourth-order valence-corrected chi connectivity index (χ4v) is 4.27. The van der Waals surface area contributed by atoms with Gasteiger partial charge < -0.3 is 9.88 Å². The van der Waals surface area contributed by atoms with Crippen LogP contribution in [0.5, 0.6) is 0 Å². The van der Waals surface area contributed by atoms with E-state index < -0.39 is 10.0 Å². The highest BCUT2D eigenvalue weighted by atomic mass is 32.2. The van der Waals surface area contributed by atoms with Gasteiger partial charge in [-0.3, -0.25) is 0 Å². The monoisotopic (exact) mass is 313 g/mol. The number of nitrogens with one attached hydrogen (secondary N) is 1. The molecule has 0 spiro atoms. The van der Waals surface area contributed by atoms with Crippen LogP contribution in [0, 0.1) is 5.92 Å². The molecule has 1 fully saturated rings. The van der Waals surface area contributed by atoms with E-state index in [1.165, 1.54) is 0 Å². The molecule has 0 amide bonds. The van der Waals surface area contributed by atoms with Crippen LogP contribution < -0.4 is 5.32 Å². The van der Waals surface area contributed by atoms with Crippen LogP contribution in [0.15, 0.2) is 17.2 Å². The van der Waals surface area contributed by atoms with Crippen molar-refractivity contribution in [2.75, 3.05) is 20.1 Å². The smallest absolute Gasteiger partial charge is 0.244 e. The molecule has 1 heterocycles. The third-order valence-electron chi connectivity index (χ3n) is 3.76. The maximum absolute atomic E-state index is 12.8. The van der Waals surface area contributed by atoms with Gasteiger partial charge in [0.15, 0.2) is 0 Å². The van der Waals surface area contributed by atoms with Gasteiger partial charge in [-0.05, 0) is 31.9 Å². The molecule has 0 unspecified atom stereocenters. The highest BCUT2D eigenvalue weighted by molar-refractivity contribution is 7.89. The summed E-state index contributed by atoms with van der Waals surface area (Å²) in [5.74, 6) is 0.321. The van der Waals surface area contributed by atoms with Crippen molar-refractivity contribution in [1.29, 1.82) is 0 Å². The van der Waals surface area contributed by atoms with Crippen molar-refractivity contribution in [3.8, 4) is 0 Å². The van der Waals surface area contributed by atoms with Crippen molar-refractivity contribution in [3.05, 3.63) is 18.0 Å². The molecule has 5 nitrogen and oxygen atoms in total. The summed E-state index contributed by atoms with van der Waals surface area (Å²) < 4.78 is 29.3. The van der Waals surface area contributed by atoms with Crippen molar-refractivity contribution in [2.24, 2.45) is 5.92 Å². The SMILES string of the molecule is CCN(CC(C)C)S(=O)(=O)c1cc(CNC)n(C2CC2)c1. The van der Waals surface area contributed by atoms with E-state index in [1.54, 1.807) is 4.31 Å². The summed E-state index contributed by atoms with van der Waals surface area (Å²) in [6, 6.07) is 2.31. The van der Waals surface area contributed by atoms with Gasteiger partial charge in [-0.25, -0.2) is 8.42 Å². The Labute approximate surface area is 128 Å². The van der Waals surface area contributed by atoms with Crippen molar-refractivity contribution in [1.82, 2.24) is 14.2 Å². The quantitative estimate of drug-likeness (QED) is 0.800. The summed E-state index contributed by atoms with van der Waals surface area (Å²) in [5, 5.41) is 3.12. The van der Waals surface area contributed by atoms with Gasteiger partial charge >= 0.3 is 0 Å². The zero-order valence-electron chi connectivity index (χ0n) is 13.5. The third kappa shape index (κ3) is 3.67. The number of aromatic nitrogens is 1. The van der Waals surface area contributed by atoms with Crippen LogP contribution in [0.3, 0.4) is 0 Å². The van der Waals surface area contributed by atoms with Crippen molar-refractivity contribution in [2.45, 2.75) is 51.1 Å². The molecular formula is C15H27N3O2S. The Morgan fingerprint density at radius 2 is 2.10 bits per heavy atom. The van der Waals surface area contributed by atoms with Gasteiger partial charge in [0.1, 0.15) is 4.90 Å². The number of hydrogen-bond donors (Lipinski definition) is 1. The summed E-state index contributed by atoms with van der Waals surface area (Å²) in [5.41, 5.74) is 1.05. The average Bonchev–Trinajstić information content (AvgIpc) is 3.17. The minimum absolute atomic E-state index is 0.321. The van der Waals surface area contributed by atoms with Crippen molar-refractivity contribution < 1.29 is 8.42 Å². The van der Waals surface area contributed by atoms with Gasteiger partial charge in [0, 0.05) is 37.6 Å². The van der Waals surface area contributed by atoms with Crippen LogP contribution in [0.2, 0.25) is 0 Å². The molecule has 1 aliphatic carbocycles. The summed E-state index contributed by atoms with van der Waals surface area (Å²) in [6.45, 7) is 7.75. The lowest BCUT2D eigenvalue weighted by Gasteiger charge is -2.21. The highest BCUT2D eigenvalue weighted by Crippen LogP contribution is 2.37. The molecule has 0 bridgehead atoms. The van der Waals surface area contributed by atoms with Crippen LogP contribution in [0.1, 0.15) is 45.3 Å². The molecule has 0 radical (unpaired) electrons. The first kappa shape index (κ1) is 16.5. The average molecular weight is 313 g/mol. The van der Waals surface area contributed by atoms with Crippen molar-refractivity contribution >= 4 is 10.0 Å². The number of sulfonamides is 1. The lowest BCUT2D eigenvalue weighted by molar-refractivity contribution is 0.381. The standard InChI is InChI=1S/C15H27N3O2S/c1-5-17(10-12(2)3)21(19,20)15-8-14(9-16-4)18(11-15)13-6-7-13/h8,11-13,16H,5-7,9-10H2,1-4H3. The van der Waals surface area contributed by atoms with Crippen molar-refractivity contribution in [3.63, 3.8) is 0 Å². The predicted octanol–water partition coefficient (Wildman–Crippen LogP) is 2.21. The maximum atomic E-state index is 12.8. The van der Waals surface area contributed by atoms with E-state index in [4.69, 9.17) is 0 Å². The minimum atomic E-state index is -3.39. The Kier molecular flexibility index (Phi) is 5.11. The predicted molar refractivity (Wildman–Crippen MR) is 84.7 cm³/mol. The van der Waals surface area contributed by atoms with E-state index >= 15 is 0 Å². The highest BCUT2D eigenvalue weighted by Gasteiger charge is 2.30. The molecule has 0 saturated heterocycles. The molecule has 1 aromatic rings. The maximum Gasteiger partial charge on any atom is 0.244 e. The molecule has 21 heavy (non-hydrogen) atoms. The zero-order valence-corrected chi connectivity index (χ0v) is 14.3. The summed E-state index contributed by atoms with van der Waals surface area (Å²) in [4.78, 5) is 0.433. The fraction of sp³-hybridized carbons (Fsp3) is 0.733. The van der Waals surface area contributed by atoms with Crippen LogP contribution in [-0.4, -0.2) is 37.4 Å². The molecule has 1 aromatic heterocycles. The normalized spacial score (nSPS) is 16.1. The Morgan fingerprint density at radius 1 is 1.43 bits per heavy atom. The molecule has 1 aliphatic rings. The Balaban J connectivity index is 2.32. The van der Waals surface area contributed by atoms with Gasteiger partial charge in [-0.1, -0.05) is 20.8 Å². The van der Waals surface area contributed by atoms with E-state index in [0.717, 1.165) is 18.5 Å². The van der Waals surface area contributed by atoms with E-state index in [2.05, 4.69) is 9.88 Å². The van der Waals surface area contributed by atoms with Crippen LogP contribution in [0.25, 0.3) is 0 Å². The fourth-order valence-electron chi connectivity index (χ4n) is 2.61. The molecule has 120 valence electrons. The van der Waals surface area contributed by atoms with E-state index in [1.807, 2.05) is 40.1 Å². The summed E-state index contributed by atoms with van der Waals surface area (Å²) in [7, 11) is -1.50. The summed E-state index contributed by atoms with van der Waals surface area (Å²) >= 11 is 0. The van der Waals surface area contributed by atoms with Gasteiger partial charge in [0.05, 0.1) is 0 Å². The molecule has 6 heteroatoms. The molecular weight excluding hydrogens is 286 g/mol. The first-order valence-corrected chi connectivity index (χ1v) is 9.19. The van der Waals surface area contributed by atoms with Crippen LogP contribution in [0.4, 0.5) is 0 Å². The third-order valence-corrected chi connectivity index (χ3v) is 5.67. The molecule has 2 rings (SSSR count).